The van der Waals surface area contributed by atoms with Crippen molar-refractivity contribution >= 4 is 40.1 Å². The van der Waals surface area contributed by atoms with Crippen LogP contribution < -0.4 is 10.4 Å². The summed E-state index contributed by atoms with van der Waals surface area (Å²) in [5.74, 6) is 0. The highest BCUT2D eigenvalue weighted by molar-refractivity contribution is 6.71. The van der Waals surface area contributed by atoms with Gasteiger partial charge in [-0.05, 0) is 11.1 Å². The highest BCUT2D eigenvalue weighted by Crippen LogP contribution is 2.07. The fourth-order valence-electron chi connectivity index (χ4n) is 2.24. The minimum Gasteiger partial charge on any atom is -0.0682 e. The van der Waals surface area contributed by atoms with Gasteiger partial charge in [0.2, 0.25) is 0 Å². The van der Waals surface area contributed by atoms with E-state index in [0.29, 0.717) is 0 Å². The first-order chi connectivity index (χ1) is 9.56. The van der Waals surface area contributed by atoms with Gasteiger partial charge in [0.25, 0.3) is 0 Å². The minimum atomic E-state index is -0.706. The molecule has 0 N–H and O–H groups in total. The molecule has 0 nitrogen and oxygen atoms in total. The van der Waals surface area contributed by atoms with Crippen LogP contribution in [0.3, 0.4) is 0 Å². The van der Waals surface area contributed by atoms with Gasteiger partial charge >= 0.3 is 0 Å². The molecule has 2 rings (SSSR count). The first kappa shape index (κ1) is 15.0. The minimum absolute atomic E-state index is 0.706. The van der Waals surface area contributed by atoms with E-state index in [2.05, 4.69) is 86.9 Å². The highest BCUT2D eigenvalue weighted by atomic mass is 28.3. The van der Waals surface area contributed by atoms with Gasteiger partial charge in [0.05, 0.1) is 17.6 Å². The average molecular weight is 297 g/mol. The van der Waals surface area contributed by atoms with E-state index in [4.69, 9.17) is 0 Å². The van der Waals surface area contributed by atoms with Crippen LogP contribution in [0.1, 0.15) is 11.1 Å². The molecule has 0 aromatic heterocycles. The average Bonchev–Trinajstić information content (AvgIpc) is 2.45. The fourth-order valence-corrected chi connectivity index (χ4v) is 4.28. The van der Waals surface area contributed by atoms with E-state index in [1.54, 1.807) is 0 Å². The van der Waals surface area contributed by atoms with E-state index < -0.39 is 17.6 Å². The van der Waals surface area contributed by atoms with Gasteiger partial charge in [-0.3, -0.25) is 0 Å². The predicted octanol–water partition coefficient (Wildman–Crippen LogP) is 3.24. The summed E-state index contributed by atoms with van der Waals surface area (Å²) in [6, 6.07) is 18.0. The van der Waals surface area contributed by atoms with Gasteiger partial charge in [0.1, 0.15) is 0 Å². The summed E-state index contributed by atoms with van der Waals surface area (Å²) in [6.45, 7) is 9.50. The third-order valence-electron chi connectivity index (χ3n) is 3.62. The van der Waals surface area contributed by atoms with Crippen molar-refractivity contribution in [3.05, 3.63) is 59.7 Å². The number of benzene rings is 2. The molecular formula is C18H24Si2. The highest BCUT2D eigenvalue weighted by Gasteiger charge is 2.01. The number of hydrogen-bond acceptors (Lipinski definition) is 0. The van der Waals surface area contributed by atoms with E-state index in [1.807, 2.05) is 0 Å². The lowest BCUT2D eigenvalue weighted by molar-refractivity contribution is 1.67. The molecule has 0 aliphatic carbocycles. The molecule has 104 valence electrons. The van der Waals surface area contributed by atoms with Crippen molar-refractivity contribution in [1.29, 1.82) is 0 Å². The zero-order valence-electron chi connectivity index (χ0n) is 12.9. The quantitative estimate of drug-likeness (QED) is 0.600. The van der Waals surface area contributed by atoms with Crippen LogP contribution in [0, 0.1) is 0 Å². The molecule has 0 amide bonds. The van der Waals surface area contributed by atoms with Gasteiger partial charge in [-0.1, -0.05) is 97.2 Å². The Labute approximate surface area is 126 Å². The maximum Gasteiger partial charge on any atom is 0.0647 e. The van der Waals surface area contributed by atoms with Gasteiger partial charge in [-0.25, -0.2) is 0 Å². The Bertz CT molecular complexity index is 544. The Morgan fingerprint density at radius 3 is 1.40 bits per heavy atom. The fraction of sp³-hybridized carbons (Fsp3) is 0.222. The maximum absolute atomic E-state index is 2.37. The molecule has 20 heavy (non-hydrogen) atoms. The van der Waals surface area contributed by atoms with Gasteiger partial charge in [0, 0.05) is 0 Å². The van der Waals surface area contributed by atoms with E-state index in [1.165, 1.54) is 21.5 Å². The molecule has 0 fully saturated rings. The van der Waals surface area contributed by atoms with E-state index in [0.717, 1.165) is 0 Å². The summed E-state index contributed by atoms with van der Waals surface area (Å²) >= 11 is 0. The molecule has 0 radical (unpaired) electrons. The SMILES string of the molecule is C[SiH](C)c1cccc(C=Cc2cccc([SiH](C)C)c2)c1. The Balaban J connectivity index is 2.21. The Morgan fingerprint density at radius 2 is 1.05 bits per heavy atom. The van der Waals surface area contributed by atoms with Crippen LogP contribution in [-0.2, 0) is 0 Å². The topological polar surface area (TPSA) is 0 Å². The van der Waals surface area contributed by atoms with Crippen LogP contribution in [0.25, 0.3) is 12.2 Å². The van der Waals surface area contributed by atoms with Crippen molar-refractivity contribution in [3.63, 3.8) is 0 Å². The lowest BCUT2D eigenvalue weighted by atomic mass is 10.1. The third-order valence-corrected chi connectivity index (χ3v) is 7.01. The Hall–Kier alpha value is -1.39. The molecule has 0 atom stereocenters. The van der Waals surface area contributed by atoms with E-state index >= 15 is 0 Å². The van der Waals surface area contributed by atoms with E-state index in [-0.39, 0.29) is 0 Å². The third kappa shape index (κ3) is 4.05. The van der Waals surface area contributed by atoms with Crippen molar-refractivity contribution in [2.24, 2.45) is 0 Å². The summed E-state index contributed by atoms with van der Waals surface area (Å²) in [7, 11) is -1.41. The number of hydrogen-bond donors (Lipinski definition) is 0. The van der Waals surface area contributed by atoms with Gasteiger partial charge in [-0.2, -0.15) is 0 Å². The predicted molar refractivity (Wildman–Crippen MR) is 98.8 cm³/mol. The molecule has 2 aromatic rings. The second kappa shape index (κ2) is 6.86. The van der Waals surface area contributed by atoms with Gasteiger partial charge in [-0.15, -0.1) is 0 Å². The summed E-state index contributed by atoms with van der Waals surface area (Å²) in [5, 5.41) is 3.07. The standard InChI is InChI=1S/C18H24Si2/c1-19(2)17-9-5-7-15(13-17)11-12-16-8-6-10-18(14-16)20(3)4/h5-14,19-20H,1-4H3. The normalized spacial score (nSPS) is 11.7. The Kier molecular flexibility index (Phi) is 5.15. The second-order valence-corrected chi connectivity index (χ2v) is 11.9. The van der Waals surface area contributed by atoms with Crippen LogP contribution in [0.2, 0.25) is 26.2 Å². The molecule has 0 bridgehead atoms. The zero-order valence-corrected chi connectivity index (χ0v) is 15.2. The molecule has 2 aromatic carbocycles. The molecule has 0 aliphatic heterocycles. The van der Waals surface area contributed by atoms with E-state index in [9.17, 15) is 0 Å². The number of rotatable bonds is 4. The van der Waals surface area contributed by atoms with Crippen LogP contribution >= 0.6 is 0 Å². The monoisotopic (exact) mass is 296 g/mol. The lowest BCUT2D eigenvalue weighted by Gasteiger charge is -2.05. The summed E-state index contributed by atoms with van der Waals surface area (Å²) in [5.41, 5.74) is 2.63. The first-order valence-electron chi connectivity index (χ1n) is 7.44. The first-order valence-corrected chi connectivity index (χ1v) is 13.2. The largest absolute Gasteiger partial charge is 0.0682 e. The van der Waals surface area contributed by atoms with Crippen molar-refractivity contribution in [2.75, 3.05) is 0 Å². The summed E-state index contributed by atoms with van der Waals surface area (Å²) in [4.78, 5) is 0. The summed E-state index contributed by atoms with van der Waals surface area (Å²) in [6.07, 6.45) is 4.47. The molecule has 0 saturated heterocycles. The van der Waals surface area contributed by atoms with Gasteiger partial charge < -0.3 is 0 Å². The second-order valence-electron chi connectivity index (χ2n) is 5.98. The van der Waals surface area contributed by atoms with Gasteiger partial charge in [0.15, 0.2) is 0 Å². The zero-order chi connectivity index (χ0) is 14.5. The molecule has 2 heteroatoms. The van der Waals surface area contributed by atoms with Crippen LogP contribution in [-0.4, -0.2) is 17.6 Å². The molecule has 0 spiro atoms. The molecule has 0 saturated carbocycles. The molecule has 0 aliphatic rings. The molecule has 0 unspecified atom stereocenters. The Morgan fingerprint density at radius 1 is 0.650 bits per heavy atom. The van der Waals surface area contributed by atoms with Crippen LogP contribution in [0.5, 0.6) is 0 Å². The van der Waals surface area contributed by atoms with Crippen LogP contribution in [0.15, 0.2) is 48.5 Å². The van der Waals surface area contributed by atoms with Crippen molar-refractivity contribution < 1.29 is 0 Å². The lowest BCUT2D eigenvalue weighted by Crippen LogP contribution is -2.22. The van der Waals surface area contributed by atoms with Crippen molar-refractivity contribution in [2.45, 2.75) is 26.2 Å². The van der Waals surface area contributed by atoms with Crippen molar-refractivity contribution in [1.82, 2.24) is 0 Å². The maximum atomic E-state index is 2.37. The summed E-state index contributed by atoms with van der Waals surface area (Å²) < 4.78 is 0. The molecule has 0 heterocycles. The van der Waals surface area contributed by atoms with Crippen molar-refractivity contribution in [3.8, 4) is 0 Å². The smallest absolute Gasteiger partial charge is 0.0647 e. The van der Waals surface area contributed by atoms with Crippen LogP contribution in [0.4, 0.5) is 0 Å². The molecular weight excluding hydrogens is 272 g/mol.